The quantitative estimate of drug-likeness (QED) is 0.591. The number of aryl methyl sites for hydroxylation is 1. The van der Waals surface area contributed by atoms with Gasteiger partial charge in [0.15, 0.2) is 0 Å². The van der Waals surface area contributed by atoms with Crippen LogP contribution in [0.15, 0.2) is 12.4 Å². The molecule has 0 aliphatic heterocycles. The number of amides is 1. The Balaban J connectivity index is 2.14. The molecule has 16 heavy (non-hydrogen) atoms. The molecule has 0 saturated heterocycles. The lowest BCUT2D eigenvalue weighted by atomic mass is 10.4. The van der Waals surface area contributed by atoms with Crippen LogP contribution < -0.4 is 5.32 Å². The number of aromatic nitrogens is 2. The van der Waals surface area contributed by atoms with Crippen molar-refractivity contribution in [2.45, 2.75) is 6.42 Å². The van der Waals surface area contributed by atoms with Crippen LogP contribution in [0.25, 0.3) is 0 Å². The van der Waals surface area contributed by atoms with E-state index in [9.17, 15) is 4.79 Å². The Hall–Kier alpha value is -1.40. The van der Waals surface area contributed by atoms with Gasteiger partial charge in [0.05, 0.1) is 26.2 Å². The van der Waals surface area contributed by atoms with E-state index in [2.05, 4.69) is 10.3 Å². The zero-order valence-corrected chi connectivity index (χ0v) is 9.35. The number of imidazole rings is 1. The van der Waals surface area contributed by atoms with Crippen molar-refractivity contribution in [1.29, 1.82) is 0 Å². The predicted molar refractivity (Wildman–Crippen MR) is 57.8 cm³/mol. The molecule has 2 N–H and O–H groups in total. The minimum atomic E-state index is -0.0816. The number of rotatable bonds is 7. The van der Waals surface area contributed by atoms with E-state index in [1.54, 1.807) is 12.4 Å². The standard InChI is InChI=1S/C10H17N3O3/c1-13-4-2-11-9(13)8-10(15)12-3-6-16-7-5-14/h2,4,14H,3,5-8H2,1H3,(H,12,15). The van der Waals surface area contributed by atoms with Crippen LogP contribution in [0.4, 0.5) is 0 Å². The normalized spacial score (nSPS) is 10.4. The molecular formula is C10H17N3O3. The van der Waals surface area contributed by atoms with Gasteiger partial charge in [0, 0.05) is 26.0 Å². The number of aliphatic hydroxyl groups is 1. The molecule has 1 heterocycles. The Morgan fingerprint density at radius 2 is 2.44 bits per heavy atom. The molecule has 90 valence electrons. The lowest BCUT2D eigenvalue weighted by Crippen LogP contribution is -2.29. The average molecular weight is 227 g/mol. The molecule has 0 aromatic carbocycles. The number of hydrogen-bond acceptors (Lipinski definition) is 4. The zero-order valence-electron chi connectivity index (χ0n) is 9.35. The molecule has 0 bridgehead atoms. The lowest BCUT2D eigenvalue weighted by molar-refractivity contribution is -0.120. The Morgan fingerprint density at radius 3 is 3.06 bits per heavy atom. The number of carbonyl (C=O) groups is 1. The molecular weight excluding hydrogens is 210 g/mol. The smallest absolute Gasteiger partial charge is 0.227 e. The van der Waals surface area contributed by atoms with Gasteiger partial charge in [-0.1, -0.05) is 0 Å². The summed E-state index contributed by atoms with van der Waals surface area (Å²) in [5, 5.41) is 11.2. The molecule has 0 radical (unpaired) electrons. The van der Waals surface area contributed by atoms with Crippen molar-refractivity contribution in [3.8, 4) is 0 Å². The number of nitrogens with one attached hydrogen (secondary N) is 1. The van der Waals surface area contributed by atoms with Gasteiger partial charge in [-0.15, -0.1) is 0 Å². The summed E-state index contributed by atoms with van der Waals surface area (Å²) in [6, 6.07) is 0. The summed E-state index contributed by atoms with van der Waals surface area (Å²) >= 11 is 0. The minimum absolute atomic E-state index is 0.00121. The lowest BCUT2D eigenvalue weighted by Gasteiger charge is -2.05. The average Bonchev–Trinajstić information content (AvgIpc) is 2.64. The highest BCUT2D eigenvalue weighted by molar-refractivity contribution is 5.77. The third-order valence-corrected chi connectivity index (χ3v) is 2.04. The van der Waals surface area contributed by atoms with E-state index in [-0.39, 0.29) is 18.9 Å². The second kappa shape index (κ2) is 6.97. The maximum atomic E-state index is 11.4. The summed E-state index contributed by atoms with van der Waals surface area (Å²) in [7, 11) is 1.85. The highest BCUT2D eigenvalue weighted by Gasteiger charge is 2.06. The molecule has 0 spiro atoms. The molecule has 0 saturated carbocycles. The SMILES string of the molecule is Cn1ccnc1CC(=O)NCCOCCO. The number of ether oxygens (including phenoxy) is 1. The molecule has 0 atom stereocenters. The third-order valence-electron chi connectivity index (χ3n) is 2.04. The molecule has 1 amide bonds. The number of carbonyl (C=O) groups excluding carboxylic acids is 1. The second-order valence-corrected chi connectivity index (χ2v) is 3.32. The molecule has 1 rings (SSSR count). The van der Waals surface area contributed by atoms with E-state index in [0.29, 0.717) is 19.8 Å². The van der Waals surface area contributed by atoms with E-state index in [1.165, 1.54) is 0 Å². The van der Waals surface area contributed by atoms with Crippen LogP contribution in [0.1, 0.15) is 5.82 Å². The van der Waals surface area contributed by atoms with Crippen molar-refractivity contribution in [2.24, 2.45) is 7.05 Å². The van der Waals surface area contributed by atoms with Crippen molar-refractivity contribution < 1.29 is 14.6 Å². The summed E-state index contributed by atoms with van der Waals surface area (Å²) < 4.78 is 6.81. The highest BCUT2D eigenvalue weighted by Crippen LogP contribution is 1.94. The summed E-state index contributed by atoms with van der Waals surface area (Å²) in [6.45, 7) is 1.16. The fourth-order valence-electron chi connectivity index (χ4n) is 1.20. The van der Waals surface area contributed by atoms with E-state index in [0.717, 1.165) is 5.82 Å². The van der Waals surface area contributed by atoms with Gasteiger partial charge in [0.2, 0.25) is 5.91 Å². The topological polar surface area (TPSA) is 76.4 Å². The van der Waals surface area contributed by atoms with Crippen LogP contribution in [0.2, 0.25) is 0 Å². The van der Waals surface area contributed by atoms with Gasteiger partial charge in [-0.2, -0.15) is 0 Å². The van der Waals surface area contributed by atoms with Gasteiger partial charge in [0.1, 0.15) is 5.82 Å². The summed E-state index contributed by atoms with van der Waals surface area (Å²) in [4.78, 5) is 15.5. The van der Waals surface area contributed by atoms with Crippen molar-refractivity contribution in [1.82, 2.24) is 14.9 Å². The molecule has 0 aliphatic carbocycles. The van der Waals surface area contributed by atoms with Crippen molar-refractivity contribution >= 4 is 5.91 Å². The molecule has 6 nitrogen and oxygen atoms in total. The molecule has 0 fully saturated rings. The van der Waals surface area contributed by atoms with Gasteiger partial charge in [-0.05, 0) is 0 Å². The monoisotopic (exact) mass is 227 g/mol. The van der Waals surface area contributed by atoms with Gasteiger partial charge >= 0.3 is 0 Å². The maximum absolute atomic E-state index is 11.4. The van der Waals surface area contributed by atoms with Gasteiger partial charge in [-0.25, -0.2) is 4.98 Å². The van der Waals surface area contributed by atoms with E-state index < -0.39 is 0 Å². The largest absolute Gasteiger partial charge is 0.394 e. The first-order chi connectivity index (χ1) is 7.74. The number of nitrogens with zero attached hydrogens (tertiary/aromatic N) is 2. The van der Waals surface area contributed by atoms with Gasteiger partial charge < -0.3 is 19.7 Å². The maximum Gasteiger partial charge on any atom is 0.227 e. The fourth-order valence-corrected chi connectivity index (χ4v) is 1.20. The first-order valence-electron chi connectivity index (χ1n) is 5.15. The first kappa shape index (κ1) is 12.7. The Kier molecular flexibility index (Phi) is 5.52. The van der Waals surface area contributed by atoms with Crippen LogP contribution in [0.3, 0.4) is 0 Å². The van der Waals surface area contributed by atoms with Crippen LogP contribution in [0.5, 0.6) is 0 Å². The molecule has 6 heteroatoms. The molecule has 1 aromatic heterocycles. The minimum Gasteiger partial charge on any atom is -0.394 e. The predicted octanol–water partition coefficient (Wildman–Crippen LogP) is -0.912. The Morgan fingerprint density at radius 1 is 1.62 bits per heavy atom. The van der Waals surface area contributed by atoms with Crippen LogP contribution in [-0.4, -0.2) is 46.9 Å². The number of aliphatic hydroxyl groups excluding tert-OH is 1. The van der Waals surface area contributed by atoms with Crippen molar-refractivity contribution in [2.75, 3.05) is 26.4 Å². The Bertz CT molecular complexity index is 325. The number of hydrogen-bond donors (Lipinski definition) is 2. The molecule has 0 aliphatic rings. The zero-order chi connectivity index (χ0) is 11.8. The summed E-state index contributed by atoms with van der Waals surface area (Å²) in [5.74, 6) is 0.649. The summed E-state index contributed by atoms with van der Waals surface area (Å²) in [6.07, 6.45) is 3.73. The molecule has 1 aromatic rings. The third kappa shape index (κ3) is 4.41. The van der Waals surface area contributed by atoms with Gasteiger partial charge in [0.25, 0.3) is 0 Å². The van der Waals surface area contributed by atoms with Crippen LogP contribution >= 0.6 is 0 Å². The summed E-state index contributed by atoms with van der Waals surface area (Å²) in [5.41, 5.74) is 0. The van der Waals surface area contributed by atoms with E-state index in [1.807, 2.05) is 11.6 Å². The van der Waals surface area contributed by atoms with E-state index >= 15 is 0 Å². The highest BCUT2D eigenvalue weighted by atomic mass is 16.5. The van der Waals surface area contributed by atoms with Crippen LogP contribution in [0, 0.1) is 0 Å². The van der Waals surface area contributed by atoms with Crippen molar-refractivity contribution in [3.63, 3.8) is 0 Å². The first-order valence-corrected chi connectivity index (χ1v) is 5.15. The second-order valence-electron chi connectivity index (χ2n) is 3.32. The van der Waals surface area contributed by atoms with Crippen LogP contribution in [-0.2, 0) is 23.0 Å². The van der Waals surface area contributed by atoms with Gasteiger partial charge in [-0.3, -0.25) is 4.79 Å². The fraction of sp³-hybridized carbons (Fsp3) is 0.600. The Labute approximate surface area is 94.2 Å². The van der Waals surface area contributed by atoms with E-state index in [4.69, 9.17) is 9.84 Å². The molecule has 0 unspecified atom stereocenters. The van der Waals surface area contributed by atoms with Crippen molar-refractivity contribution in [3.05, 3.63) is 18.2 Å².